The van der Waals surface area contributed by atoms with Crippen LogP contribution in [0.5, 0.6) is 0 Å². The molecule has 16 heavy (non-hydrogen) atoms. The molecule has 1 rings (SSSR count). The minimum Gasteiger partial charge on any atom is -0.479 e. The lowest BCUT2D eigenvalue weighted by Gasteiger charge is -2.09. The number of methoxy groups -OCH3 is 1. The molecular weight excluding hydrogens is 238 g/mol. The number of carbonyl (C=O) groups is 1. The van der Waals surface area contributed by atoms with E-state index < -0.39 is 17.0 Å². The highest BCUT2D eigenvalue weighted by Crippen LogP contribution is 2.24. The first-order chi connectivity index (χ1) is 7.54. The molecule has 0 fully saturated rings. The molecule has 1 unspecified atom stereocenters. The third kappa shape index (κ3) is 3.14. The van der Waals surface area contributed by atoms with Gasteiger partial charge in [-0.3, -0.25) is 10.1 Å². The van der Waals surface area contributed by atoms with Crippen molar-refractivity contribution >= 4 is 27.4 Å². The van der Waals surface area contributed by atoms with Crippen LogP contribution in [0.25, 0.3) is 0 Å². The van der Waals surface area contributed by atoms with Crippen LogP contribution in [0, 0.1) is 10.1 Å². The fourth-order valence-electron chi connectivity index (χ4n) is 0.883. The lowest BCUT2D eigenvalue weighted by molar-refractivity contribution is -0.380. The predicted molar refractivity (Wildman–Crippen MR) is 55.7 cm³/mol. The van der Waals surface area contributed by atoms with E-state index in [1.165, 1.54) is 7.11 Å². The summed E-state index contributed by atoms with van der Waals surface area (Å²) in [4.78, 5) is 24.1. The Labute approximate surface area is 94.0 Å². The number of rotatable bonds is 6. The van der Waals surface area contributed by atoms with Gasteiger partial charge in [-0.1, -0.05) is 0 Å². The quantitative estimate of drug-likeness (QED) is 0.557. The fraction of sp³-hybridized carbons (Fsp3) is 0.429. The van der Waals surface area contributed by atoms with Crippen molar-refractivity contribution in [3.05, 3.63) is 16.3 Å². The second kappa shape index (κ2) is 5.37. The number of aromatic nitrogens is 1. The summed E-state index contributed by atoms with van der Waals surface area (Å²) in [6.07, 6.45) is 0.0956. The van der Waals surface area contributed by atoms with Gasteiger partial charge in [0.25, 0.3) is 0 Å². The van der Waals surface area contributed by atoms with Crippen molar-refractivity contribution < 1.29 is 19.6 Å². The lowest BCUT2D eigenvalue weighted by Crippen LogP contribution is -2.30. The van der Waals surface area contributed by atoms with E-state index in [-0.39, 0.29) is 16.7 Å². The van der Waals surface area contributed by atoms with E-state index in [4.69, 9.17) is 5.11 Å². The van der Waals surface area contributed by atoms with Crippen LogP contribution in [0.4, 0.5) is 10.1 Å². The molecule has 0 bridgehead atoms. The number of nitro groups is 1. The Morgan fingerprint density at radius 1 is 1.88 bits per heavy atom. The lowest BCUT2D eigenvalue weighted by atomic mass is 10.3. The molecule has 88 valence electrons. The zero-order valence-electron chi connectivity index (χ0n) is 8.24. The summed E-state index contributed by atoms with van der Waals surface area (Å²) in [5, 5.41) is 21.8. The van der Waals surface area contributed by atoms with Crippen LogP contribution in [-0.2, 0) is 9.53 Å². The van der Waals surface area contributed by atoms with Gasteiger partial charge in [0.1, 0.15) is 6.20 Å². The van der Waals surface area contributed by atoms with Gasteiger partial charge < -0.3 is 15.2 Å². The van der Waals surface area contributed by atoms with Gasteiger partial charge in [-0.2, -0.15) is 0 Å². The van der Waals surface area contributed by atoms with Crippen LogP contribution >= 0.6 is 11.3 Å². The molecule has 1 heterocycles. The Kier molecular flexibility index (Phi) is 4.14. The molecule has 0 amide bonds. The van der Waals surface area contributed by atoms with E-state index in [1.54, 1.807) is 0 Å². The second-order valence-electron chi connectivity index (χ2n) is 2.70. The van der Waals surface area contributed by atoms with Crippen molar-refractivity contribution in [2.75, 3.05) is 19.0 Å². The number of carboxylic acids is 1. The molecular formula is C7H9N3O5S. The summed E-state index contributed by atoms with van der Waals surface area (Å²) in [5.41, 5.74) is 0. The number of nitrogens with one attached hydrogen (secondary N) is 1. The molecule has 1 aromatic heterocycles. The normalized spacial score (nSPS) is 12.1. The number of carboxylic acid groups (broad SMARTS) is 1. The molecule has 0 aliphatic carbocycles. The van der Waals surface area contributed by atoms with E-state index in [9.17, 15) is 14.9 Å². The zero-order chi connectivity index (χ0) is 12.1. The van der Waals surface area contributed by atoms with E-state index >= 15 is 0 Å². The van der Waals surface area contributed by atoms with Gasteiger partial charge in [0.05, 0.1) is 11.5 Å². The largest absolute Gasteiger partial charge is 0.479 e. The third-order valence-corrected chi connectivity index (χ3v) is 2.58. The maximum absolute atomic E-state index is 10.6. The Morgan fingerprint density at radius 3 is 3.00 bits per heavy atom. The van der Waals surface area contributed by atoms with Crippen LogP contribution in [-0.4, -0.2) is 40.7 Å². The van der Waals surface area contributed by atoms with Crippen molar-refractivity contribution in [1.82, 2.24) is 4.98 Å². The molecule has 0 aliphatic heterocycles. The summed E-state index contributed by atoms with van der Waals surface area (Å²) in [6, 6.07) is 0. The summed E-state index contributed by atoms with van der Waals surface area (Å²) >= 11 is 0.835. The van der Waals surface area contributed by atoms with E-state index in [2.05, 4.69) is 15.0 Å². The smallest absolute Gasteiger partial charge is 0.345 e. The van der Waals surface area contributed by atoms with Gasteiger partial charge in [-0.15, -0.1) is 0 Å². The summed E-state index contributed by atoms with van der Waals surface area (Å²) in [5.74, 6) is -1.11. The molecule has 0 aliphatic rings. The molecule has 0 radical (unpaired) electrons. The summed E-state index contributed by atoms with van der Waals surface area (Å²) in [6.45, 7) is -0.00347. The summed E-state index contributed by atoms with van der Waals surface area (Å²) < 4.78 is 4.67. The van der Waals surface area contributed by atoms with Crippen LogP contribution in [0.1, 0.15) is 0 Å². The monoisotopic (exact) mass is 247 g/mol. The molecule has 1 aromatic rings. The Balaban J connectivity index is 2.53. The average Bonchev–Trinajstić information content (AvgIpc) is 2.67. The molecule has 0 spiro atoms. The molecule has 2 N–H and O–H groups in total. The van der Waals surface area contributed by atoms with E-state index in [0.717, 1.165) is 17.5 Å². The molecule has 1 atom stereocenters. The maximum Gasteiger partial charge on any atom is 0.345 e. The highest BCUT2D eigenvalue weighted by Gasteiger charge is 2.17. The molecule has 9 heteroatoms. The van der Waals surface area contributed by atoms with Crippen LogP contribution in [0.2, 0.25) is 0 Å². The number of thiazole rings is 1. The van der Waals surface area contributed by atoms with Crippen molar-refractivity contribution in [1.29, 1.82) is 0 Å². The minimum atomic E-state index is -1.11. The second-order valence-corrected chi connectivity index (χ2v) is 3.71. The van der Waals surface area contributed by atoms with Gasteiger partial charge in [0, 0.05) is 7.11 Å². The highest BCUT2D eigenvalue weighted by atomic mass is 32.1. The number of hydrogen-bond acceptors (Lipinski definition) is 7. The van der Waals surface area contributed by atoms with Gasteiger partial charge in [-0.25, -0.2) is 9.78 Å². The minimum absolute atomic E-state index is 0.00347. The molecule has 0 saturated heterocycles. The summed E-state index contributed by atoms with van der Waals surface area (Å²) in [7, 11) is 1.27. The van der Waals surface area contributed by atoms with Crippen LogP contribution < -0.4 is 5.32 Å². The van der Waals surface area contributed by atoms with Crippen LogP contribution in [0.3, 0.4) is 0 Å². The average molecular weight is 247 g/mol. The molecule has 8 nitrogen and oxygen atoms in total. The standard InChI is InChI=1S/C7H9N3O5S/c1-15-4(6(11)12)2-8-7-9-3-5(16-7)10(13)14/h3-4H,2H2,1H3,(H,8,9)(H,11,12). The topological polar surface area (TPSA) is 115 Å². The first kappa shape index (κ1) is 12.3. The van der Waals surface area contributed by atoms with Gasteiger partial charge in [0.2, 0.25) is 0 Å². The number of anilines is 1. The zero-order valence-corrected chi connectivity index (χ0v) is 9.06. The van der Waals surface area contributed by atoms with Crippen molar-refractivity contribution in [2.45, 2.75) is 6.10 Å². The van der Waals surface area contributed by atoms with Crippen LogP contribution in [0.15, 0.2) is 6.20 Å². The maximum atomic E-state index is 10.6. The van der Waals surface area contributed by atoms with Gasteiger partial charge >= 0.3 is 11.0 Å². The Bertz CT molecular complexity index is 393. The third-order valence-electron chi connectivity index (χ3n) is 1.67. The SMILES string of the molecule is COC(CNc1ncc([N+](=O)[O-])s1)C(=O)O. The van der Waals surface area contributed by atoms with E-state index in [1.807, 2.05) is 0 Å². The predicted octanol–water partition coefficient (Wildman–Crippen LogP) is 0.563. The van der Waals surface area contributed by atoms with Gasteiger partial charge in [0.15, 0.2) is 11.2 Å². The number of ether oxygens (including phenoxy) is 1. The Hall–Kier alpha value is -1.74. The Morgan fingerprint density at radius 2 is 2.56 bits per heavy atom. The number of aliphatic carboxylic acids is 1. The van der Waals surface area contributed by atoms with Crippen molar-refractivity contribution in [2.24, 2.45) is 0 Å². The van der Waals surface area contributed by atoms with E-state index in [0.29, 0.717) is 0 Å². The highest BCUT2D eigenvalue weighted by molar-refractivity contribution is 7.18. The van der Waals surface area contributed by atoms with Crippen molar-refractivity contribution in [3.8, 4) is 0 Å². The first-order valence-electron chi connectivity index (χ1n) is 4.14. The van der Waals surface area contributed by atoms with Gasteiger partial charge in [-0.05, 0) is 11.3 Å². The molecule has 0 saturated carbocycles. The number of nitrogens with zero attached hydrogens (tertiary/aromatic N) is 2. The number of hydrogen-bond donors (Lipinski definition) is 2. The molecule has 0 aromatic carbocycles. The first-order valence-corrected chi connectivity index (χ1v) is 4.96. The van der Waals surface area contributed by atoms with Crippen molar-refractivity contribution in [3.63, 3.8) is 0 Å². The fourth-order valence-corrected chi connectivity index (χ4v) is 1.52.